The minimum atomic E-state index is -0.108. The molecule has 0 radical (unpaired) electrons. The first kappa shape index (κ1) is 21.8. The lowest BCUT2D eigenvalue weighted by Gasteiger charge is -2.13. The monoisotopic (exact) mass is 448 g/mol. The van der Waals surface area contributed by atoms with Gasteiger partial charge in [-0.2, -0.15) is 5.10 Å². The van der Waals surface area contributed by atoms with Crippen LogP contribution in [0.4, 0.5) is 0 Å². The second kappa shape index (κ2) is 9.01. The van der Waals surface area contributed by atoms with Gasteiger partial charge in [0.05, 0.1) is 11.4 Å². The van der Waals surface area contributed by atoms with Gasteiger partial charge in [0.1, 0.15) is 5.65 Å². The third-order valence-corrected chi connectivity index (χ3v) is 5.96. The van der Waals surface area contributed by atoms with Gasteiger partial charge in [-0.05, 0) is 55.7 Å². The Morgan fingerprint density at radius 1 is 1.09 bits per heavy atom. The van der Waals surface area contributed by atoms with Gasteiger partial charge in [0, 0.05) is 36.0 Å². The van der Waals surface area contributed by atoms with E-state index in [0.29, 0.717) is 23.6 Å². The maximum atomic E-state index is 13.2. The summed E-state index contributed by atoms with van der Waals surface area (Å²) in [7, 11) is 1.76. The summed E-state index contributed by atoms with van der Waals surface area (Å²) in [5, 5.41) is 9.18. The van der Waals surface area contributed by atoms with E-state index in [-0.39, 0.29) is 17.9 Å². The van der Waals surface area contributed by atoms with Crippen molar-refractivity contribution in [1.82, 2.24) is 19.7 Å². The Hall–Kier alpha value is -3.38. The fourth-order valence-corrected chi connectivity index (χ4v) is 4.30. The summed E-state index contributed by atoms with van der Waals surface area (Å²) in [6.45, 7) is 4.28. The maximum absolute atomic E-state index is 13.2. The molecule has 1 N–H and O–H groups in total. The molecule has 2 aromatic heterocycles. The van der Waals surface area contributed by atoms with Gasteiger partial charge in [0.25, 0.3) is 5.56 Å². The van der Waals surface area contributed by atoms with E-state index in [9.17, 15) is 9.59 Å². The normalized spacial score (nSPS) is 11.1. The average Bonchev–Trinajstić information content (AvgIpc) is 3.14. The van der Waals surface area contributed by atoms with Gasteiger partial charge in [-0.25, -0.2) is 4.68 Å². The summed E-state index contributed by atoms with van der Waals surface area (Å²) in [5.74, 6) is -0.108. The fourth-order valence-electron chi connectivity index (χ4n) is 4.09. The topological polar surface area (TPSA) is 68.9 Å². The lowest BCUT2D eigenvalue weighted by molar-refractivity contribution is -0.121. The molecule has 0 bridgehead atoms. The van der Waals surface area contributed by atoms with Crippen LogP contribution in [-0.4, -0.2) is 20.3 Å². The first-order valence-electron chi connectivity index (χ1n) is 10.5. The zero-order valence-corrected chi connectivity index (χ0v) is 19.1. The third-order valence-electron chi connectivity index (χ3n) is 5.73. The highest BCUT2D eigenvalue weighted by Crippen LogP contribution is 2.25. The number of rotatable bonds is 6. The molecule has 32 heavy (non-hydrogen) atoms. The van der Waals surface area contributed by atoms with Gasteiger partial charge in [0.15, 0.2) is 0 Å². The largest absolute Gasteiger partial charge is 0.352 e. The van der Waals surface area contributed by atoms with Gasteiger partial charge in [-0.1, -0.05) is 41.9 Å². The van der Waals surface area contributed by atoms with E-state index in [2.05, 4.69) is 5.32 Å². The van der Waals surface area contributed by atoms with Crippen LogP contribution >= 0.6 is 11.6 Å². The van der Waals surface area contributed by atoms with Crippen LogP contribution in [0.1, 0.15) is 28.8 Å². The van der Waals surface area contributed by atoms with Crippen LogP contribution in [0.2, 0.25) is 5.02 Å². The van der Waals surface area contributed by atoms with Gasteiger partial charge in [-0.3, -0.25) is 14.2 Å². The van der Waals surface area contributed by atoms with Crippen molar-refractivity contribution >= 4 is 28.5 Å². The molecule has 1 amide bonds. The highest BCUT2D eigenvalue weighted by atomic mass is 35.5. The van der Waals surface area contributed by atoms with Crippen molar-refractivity contribution in [3.8, 4) is 5.69 Å². The van der Waals surface area contributed by atoms with Crippen LogP contribution < -0.4 is 10.9 Å². The number of hydrogen-bond acceptors (Lipinski definition) is 3. The van der Waals surface area contributed by atoms with Crippen molar-refractivity contribution in [1.29, 1.82) is 0 Å². The first-order chi connectivity index (χ1) is 15.4. The maximum Gasteiger partial charge on any atom is 0.255 e. The number of amides is 1. The number of halogens is 1. The second-order valence-corrected chi connectivity index (χ2v) is 8.34. The van der Waals surface area contributed by atoms with E-state index >= 15 is 0 Å². The predicted molar refractivity (Wildman–Crippen MR) is 127 cm³/mol. The van der Waals surface area contributed by atoms with E-state index in [1.807, 2.05) is 62.4 Å². The Morgan fingerprint density at radius 2 is 1.84 bits per heavy atom. The standard InChI is InChI=1S/C25H25ClN4O2/c1-16-21(12-13-22(31)27-15-18-8-7-9-19(26)14-18)25(32)29(3)24-23(16)17(2)28-30(24)20-10-5-4-6-11-20/h4-11,14H,12-13,15H2,1-3H3,(H,27,31). The van der Waals surface area contributed by atoms with Crippen LogP contribution in [0.5, 0.6) is 0 Å². The minimum absolute atomic E-state index is 0.102. The van der Waals surface area contributed by atoms with Crippen molar-refractivity contribution < 1.29 is 4.79 Å². The van der Waals surface area contributed by atoms with Crippen molar-refractivity contribution in [3.63, 3.8) is 0 Å². The molecule has 6 nitrogen and oxygen atoms in total. The summed E-state index contributed by atoms with van der Waals surface area (Å²) < 4.78 is 3.44. The molecule has 0 fully saturated rings. The number of benzene rings is 2. The molecule has 0 saturated heterocycles. The number of pyridine rings is 1. The summed E-state index contributed by atoms with van der Waals surface area (Å²) in [6.07, 6.45) is 0.597. The highest BCUT2D eigenvalue weighted by molar-refractivity contribution is 6.30. The van der Waals surface area contributed by atoms with Crippen LogP contribution in [0.3, 0.4) is 0 Å². The number of carbonyl (C=O) groups excluding carboxylic acids is 1. The molecule has 0 atom stereocenters. The highest BCUT2D eigenvalue weighted by Gasteiger charge is 2.20. The van der Waals surface area contributed by atoms with Crippen LogP contribution in [-0.2, 0) is 24.8 Å². The molecule has 2 heterocycles. The number of hydrogen-bond donors (Lipinski definition) is 1. The van der Waals surface area contributed by atoms with Gasteiger partial charge in [0.2, 0.25) is 5.91 Å². The summed E-state index contributed by atoms with van der Waals surface area (Å²) >= 11 is 6.00. The quantitative estimate of drug-likeness (QED) is 0.479. The summed E-state index contributed by atoms with van der Waals surface area (Å²) in [6, 6.07) is 17.1. The molecule has 4 rings (SSSR count). The number of aryl methyl sites for hydroxylation is 3. The molecule has 0 spiro atoms. The predicted octanol–water partition coefficient (Wildman–Crippen LogP) is 4.24. The molecule has 7 heteroatoms. The Bertz CT molecular complexity index is 1360. The Morgan fingerprint density at radius 3 is 2.56 bits per heavy atom. The Balaban J connectivity index is 1.59. The first-order valence-corrected chi connectivity index (χ1v) is 10.9. The van der Waals surface area contributed by atoms with Gasteiger partial charge >= 0.3 is 0 Å². The SMILES string of the molecule is Cc1nn(-c2ccccc2)c2c1c(C)c(CCC(=O)NCc1cccc(Cl)c1)c(=O)n2C. The van der Waals surface area contributed by atoms with Gasteiger partial charge < -0.3 is 5.32 Å². The number of fused-ring (bicyclic) bond motifs is 1. The molecule has 0 saturated carbocycles. The molecular weight excluding hydrogens is 424 g/mol. The smallest absolute Gasteiger partial charge is 0.255 e. The number of nitrogens with zero attached hydrogens (tertiary/aromatic N) is 3. The van der Waals surface area contributed by atoms with E-state index in [1.54, 1.807) is 22.4 Å². The number of para-hydroxylation sites is 1. The lowest BCUT2D eigenvalue weighted by Crippen LogP contribution is -2.27. The zero-order chi connectivity index (χ0) is 22.8. The van der Waals surface area contributed by atoms with Crippen LogP contribution in [0.25, 0.3) is 16.7 Å². The molecule has 0 unspecified atom stereocenters. The van der Waals surface area contributed by atoms with Crippen molar-refractivity contribution in [2.24, 2.45) is 7.05 Å². The molecule has 2 aromatic carbocycles. The number of aromatic nitrogens is 3. The average molecular weight is 449 g/mol. The zero-order valence-electron chi connectivity index (χ0n) is 18.4. The molecular formula is C25H25ClN4O2. The minimum Gasteiger partial charge on any atom is -0.352 e. The van der Waals surface area contributed by atoms with Gasteiger partial charge in [-0.15, -0.1) is 0 Å². The Kier molecular flexibility index (Phi) is 6.15. The second-order valence-electron chi connectivity index (χ2n) is 7.91. The molecule has 0 aliphatic carbocycles. The summed E-state index contributed by atoms with van der Waals surface area (Å²) in [5.41, 5.74) is 4.86. The third kappa shape index (κ3) is 4.18. The van der Waals surface area contributed by atoms with Crippen LogP contribution in [0.15, 0.2) is 59.4 Å². The molecule has 0 aliphatic heterocycles. The molecule has 4 aromatic rings. The van der Waals surface area contributed by atoms with E-state index < -0.39 is 0 Å². The number of carbonyl (C=O) groups is 1. The van der Waals surface area contributed by atoms with Crippen LogP contribution in [0, 0.1) is 13.8 Å². The fraction of sp³-hybridized carbons (Fsp3) is 0.240. The van der Waals surface area contributed by atoms with E-state index in [1.165, 1.54) is 0 Å². The Labute approximate surface area is 191 Å². The van der Waals surface area contributed by atoms with E-state index in [0.717, 1.165) is 33.5 Å². The van der Waals surface area contributed by atoms with Crippen molar-refractivity contribution in [2.45, 2.75) is 33.2 Å². The summed E-state index contributed by atoms with van der Waals surface area (Å²) in [4.78, 5) is 25.6. The van der Waals surface area contributed by atoms with E-state index in [4.69, 9.17) is 16.7 Å². The molecule has 164 valence electrons. The number of nitrogens with one attached hydrogen (secondary N) is 1. The van der Waals surface area contributed by atoms with Crippen molar-refractivity contribution in [2.75, 3.05) is 0 Å². The lowest BCUT2D eigenvalue weighted by atomic mass is 10.0. The van der Waals surface area contributed by atoms with Crippen molar-refractivity contribution in [3.05, 3.63) is 92.4 Å². The molecule has 0 aliphatic rings.